The highest BCUT2D eigenvalue weighted by Gasteiger charge is 2.15. The summed E-state index contributed by atoms with van der Waals surface area (Å²) in [4.78, 5) is 23.6. The first kappa shape index (κ1) is 17.4. The van der Waals surface area contributed by atoms with Crippen molar-refractivity contribution in [1.29, 1.82) is 0 Å². The Kier molecular flexibility index (Phi) is 5.13. The van der Waals surface area contributed by atoms with Crippen molar-refractivity contribution in [2.24, 2.45) is 7.05 Å². The number of rotatable bonds is 5. The fourth-order valence-electron chi connectivity index (χ4n) is 2.21. The molecule has 2 rings (SSSR count). The summed E-state index contributed by atoms with van der Waals surface area (Å²) in [6.07, 6.45) is 1.03. The summed E-state index contributed by atoms with van der Waals surface area (Å²) in [5, 5.41) is 9.15. The van der Waals surface area contributed by atoms with Gasteiger partial charge in [0.25, 0.3) is 5.91 Å². The van der Waals surface area contributed by atoms with Gasteiger partial charge in [-0.3, -0.25) is 14.3 Å². The van der Waals surface area contributed by atoms with Gasteiger partial charge in [-0.1, -0.05) is 20.4 Å². The molecule has 1 aromatic heterocycles. The van der Waals surface area contributed by atoms with Crippen LogP contribution < -0.4 is 10.6 Å². The number of carbonyl (C=O) groups is 2. The largest absolute Gasteiger partial charge is 0.321 e. The van der Waals surface area contributed by atoms with E-state index in [1.165, 1.54) is 12.1 Å². The number of hydrogen-bond donors (Lipinski definition) is 2. The molecule has 0 aliphatic rings. The number of nitrogens with zero attached hydrogens (tertiary/aromatic N) is 2. The number of aryl methyl sites for hydroxylation is 1. The molecule has 0 radical (unpaired) electrons. The summed E-state index contributed by atoms with van der Waals surface area (Å²) in [5.74, 6) is -1.33. The second kappa shape index (κ2) is 7.08. The summed E-state index contributed by atoms with van der Waals surface area (Å²) >= 11 is 0. The van der Waals surface area contributed by atoms with Crippen molar-refractivity contribution in [1.82, 2.24) is 9.78 Å². The maximum absolute atomic E-state index is 13.7. The maximum atomic E-state index is 13.7. The van der Waals surface area contributed by atoms with Gasteiger partial charge in [-0.25, -0.2) is 4.39 Å². The minimum atomic E-state index is -0.608. The normalized spacial score (nSPS) is 10.5. The Labute approximate surface area is 139 Å². The molecule has 0 unspecified atom stereocenters. The van der Waals surface area contributed by atoms with Gasteiger partial charge in [0.15, 0.2) is 5.69 Å². The zero-order chi connectivity index (χ0) is 17.9. The van der Waals surface area contributed by atoms with Gasteiger partial charge in [-0.2, -0.15) is 5.10 Å². The summed E-state index contributed by atoms with van der Waals surface area (Å²) in [6.45, 7) is 7.32. The zero-order valence-electron chi connectivity index (χ0n) is 13.8. The number of amides is 2. The summed E-state index contributed by atoms with van der Waals surface area (Å²) in [6, 6.07) is 5.61. The lowest BCUT2D eigenvalue weighted by Crippen LogP contribution is -2.14. The predicted molar refractivity (Wildman–Crippen MR) is 90.5 cm³/mol. The quantitative estimate of drug-likeness (QED) is 0.827. The molecule has 126 valence electrons. The standard InChI is InChI=1S/C17H19FN4O2/c1-5-16(23)20-13-8-11(6-7-12(13)18)19-17(24)14-9-15(10(2)3)22(4)21-14/h5-10H,1H2,2-4H3,(H,19,24)(H,20,23). The highest BCUT2D eigenvalue weighted by molar-refractivity contribution is 6.04. The van der Waals surface area contributed by atoms with E-state index in [1.54, 1.807) is 17.8 Å². The molecule has 2 aromatic rings. The molecule has 6 nitrogen and oxygen atoms in total. The van der Waals surface area contributed by atoms with Crippen LogP contribution in [0.4, 0.5) is 15.8 Å². The Morgan fingerprint density at radius 1 is 1.29 bits per heavy atom. The van der Waals surface area contributed by atoms with Crippen LogP contribution in [0.3, 0.4) is 0 Å². The molecule has 1 aromatic carbocycles. The number of anilines is 2. The van der Waals surface area contributed by atoms with E-state index in [2.05, 4.69) is 22.3 Å². The van der Waals surface area contributed by atoms with E-state index in [9.17, 15) is 14.0 Å². The van der Waals surface area contributed by atoms with Gasteiger partial charge in [0.1, 0.15) is 5.82 Å². The van der Waals surface area contributed by atoms with Crippen LogP contribution in [-0.4, -0.2) is 21.6 Å². The number of aromatic nitrogens is 2. The summed E-state index contributed by atoms with van der Waals surface area (Å²) in [5.41, 5.74) is 1.50. The Bertz CT molecular complexity index is 796. The van der Waals surface area contributed by atoms with E-state index in [4.69, 9.17) is 0 Å². The van der Waals surface area contributed by atoms with Gasteiger partial charge in [0, 0.05) is 18.4 Å². The van der Waals surface area contributed by atoms with Crippen LogP contribution in [0.5, 0.6) is 0 Å². The SMILES string of the molecule is C=CC(=O)Nc1cc(NC(=O)c2cc(C(C)C)n(C)n2)ccc1F. The van der Waals surface area contributed by atoms with Crippen molar-refractivity contribution in [3.8, 4) is 0 Å². The number of nitrogens with one attached hydrogen (secondary N) is 2. The van der Waals surface area contributed by atoms with Crippen LogP contribution in [0.1, 0.15) is 35.9 Å². The van der Waals surface area contributed by atoms with Crippen molar-refractivity contribution in [3.63, 3.8) is 0 Å². The molecule has 0 bridgehead atoms. The van der Waals surface area contributed by atoms with Crippen molar-refractivity contribution < 1.29 is 14.0 Å². The number of carbonyl (C=O) groups excluding carboxylic acids is 2. The number of hydrogen-bond acceptors (Lipinski definition) is 3. The van der Waals surface area contributed by atoms with E-state index in [1.807, 2.05) is 13.8 Å². The third-order valence-electron chi connectivity index (χ3n) is 3.41. The van der Waals surface area contributed by atoms with E-state index < -0.39 is 17.6 Å². The average molecular weight is 330 g/mol. The lowest BCUT2D eigenvalue weighted by molar-refractivity contribution is -0.111. The first-order valence-corrected chi connectivity index (χ1v) is 7.40. The molecule has 0 aliphatic heterocycles. The van der Waals surface area contributed by atoms with Crippen LogP contribution in [0.2, 0.25) is 0 Å². The van der Waals surface area contributed by atoms with Gasteiger partial charge >= 0.3 is 0 Å². The van der Waals surface area contributed by atoms with Crippen molar-refractivity contribution >= 4 is 23.2 Å². The predicted octanol–water partition coefficient (Wildman–Crippen LogP) is 3.06. The van der Waals surface area contributed by atoms with Crippen molar-refractivity contribution in [2.75, 3.05) is 10.6 Å². The minimum absolute atomic E-state index is 0.0402. The molecular weight excluding hydrogens is 311 g/mol. The molecule has 24 heavy (non-hydrogen) atoms. The van der Waals surface area contributed by atoms with Crippen molar-refractivity contribution in [2.45, 2.75) is 19.8 Å². The monoisotopic (exact) mass is 330 g/mol. The van der Waals surface area contributed by atoms with Crippen LogP contribution in [0, 0.1) is 5.82 Å². The highest BCUT2D eigenvalue weighted by atomic mass is 19.1. The third-order valence-corrected chi connectivity index (χ3v) is 3.41. The van der Waals surface area contributed by atoms with Gasteiger partial charge in [-0.05, 0) is 36.3 Å². The summed E-state index contributed by atoms with van der Waals surface area (Å²) in [7, 11) is 1.77. The smallest absolute Gasteiger partial charge is 0.276 e. The molecule has 7 heteroatoms. The fourth-order valence-corrected chi connectivity index (χ4v) is 2.21. The molecule has 2 N–H and O–H groups in total. The Balaban J connectivity index is 2.20. The van der Waals surface area contributed by atoms with E-state index in [-0.39, 0.29) is 17.3 Å². The Morgan fingerprint density at radius 2 is 2.00 bits per heavy atom. The van der Waals surface area contributed by atoms with Crippen LogP contribution in [-0.2, 0) is 11.8 Å². The first-order chi connectivity index (χ1) is 11.3. The minimum Gasteiger partial charge on any atom is -0.321 e. The summed E-state index contributed by atoms with van der Waals surface area (Å²) < 4.78 is 15.3. The lowest BCUT2D eigenvalue weighted by Gasteiger charge is -2.08. The second-order valence-corrected chi connectivity index (χ2v) is 5.57. The zero-order valence-corrected chi connectivity index (χ0v) is 13.8. The fraction of sp³-hybridized carbons (Fsp3) is 0.235. The van der Waals surface area contributed by atoms with Crippen molar-refractivity contribution in [3.05, 3.63) is 54.1 Å². The molecule has 0 spiro atoms. The first-order valence-electron chi connectivity index (χ1n) is 7.40. The van der Waals surface area contributed by atoms with Gasteiger partial charge in [0.05, 0.1) is 5.69 Å². The van der Waals surface area contributed by atoms with Gasteiger partial charge in [0.2, 0.25) is 5.91 Å². The molecular formula is C17H19FN4O2. The Morgan fingerprint density at radius 3 is 2.58 bits per heavy atom. The van der Waals surface area contributed by atoms with Crippen LogP contribution in [0.15, 0.2) is 36.9 Å². The number of benzene rings is 1. The van der Waals surface area contributed by atoms with E-state index >= 15 is 0 Å². The lowest BCUT2D eigenvalue weighted by atomic mass is 10.1. The van der Waals surface area contributed by atoms with E-state index in [0.717, 1.165) is 17.8 Å². The Hall–Kier alpha value is -2.96. The maximum Gasteiger partial charge on any atom is 0.276 e. The molecule has 0 atom stereocenters. The third kappa shape index (κ3) is 3.87. The molecule has 0 aliphatic carbocycles. The molecule has 0 saturated heterocycles. The van der Waals surface area contributed by atoms with Crippen LogP contribution in [0.25, 0.3) is 0 Å². The molecule has 0 saturated carbocycles. The van der Waals surface area contributed by atoms with Gasteiger partial charge < -0.3 is 10.6 Å². The number of halogens is 1. The second-order valence-electron chi connectivity index (χ2n) is 5.57. The van der Waals surface area contributed by atoms with Crippen LogP contribution >= 0.6 is 0 Å². The van der Waals surface area contributed by atoms with E-state index in [0.29, 0.717) is 5.69 Å². The van der Waals surface area contributed by atoms with Gasteiger partial charge in [-0.15, -0.1) is 0 Å². The molecule has 1 heterocycles. The average Bonchev–Trinajstić information content (AvgIpc) is 2.92. The molecule has 0 fully saturated rings. The molecule has 2 amide bonds. The highest BCUT2D eigenvalue weighted by Crippen LogP contribution is 2.21. The topological polar surface area (TPSA) is 76.0 Å².